The molecule has 0 aromatic heterocycles. The maximum Gasteiger partial charge on any atom is 0.327 e. The van der Waals surface area contributed by atoms with Crippen molar-refractivity contribution in [3.63, 3.8) is 0 Å². The zero-order chi connectivity index (χ0) is 19.7. The Morgan fingerprint density at radius 1 is 1.18 bits per heavy atom. The molecule has 2 heterocycles. The highest BCUT2D eigenvalue weighted by molar-refractivity contribution is 6.05. The van der Waals surface area contributed by atoms with Crippen molar-refractivity contribution in [2.24, 2.45) is 0 Å². The van der Waals surface area contributed by atoms with Crippen molar-refractivity contribution in [1.29, 1.82) is 0 Å². The number of ether oxygens (including phenoxy) is 1. The summed E-state index contributed by atoms with van der Waals surface area (Å²) < 4.78 is 5.34. The smallest absolute Gasteiger partial charge is 0.327 e. The molecule has 2 aliphatic heterocycles. The van der Waals surface area contributed by atoms with Gasteiger partial charge in [-0.2, -0.15) is 0 Å². The number of rotatable bonds is 5. The van der Waals surface area contributed by atoms with Crippen molar-refractivity contribution in [2.75, 3.05) is 19.0 Å². The summed E-state index contributed by atoms with van der Waals surface area (Å²) in [5.41, 5.74) is 1.76. The van der Waals surface area contributed by atoms with Gasteiger partial charge in [0.25, 0.3) is 11.8 Å². The molecule has 7 heteroatoms. The Balaban J connectivity index is 1.54. The van der Waals surface area contributed by atoms with E-state index < -0.39 is 0 Å². The lowest BCUT2D eigenvalue weighted by Crippen LogP contribution is -2.32. The largest absolute Gasteiger partial charge is 0.495 e. The van der Waals surface area contributed by atoms with Crippen LogP contribution < -0.4 is 10.1 Å². The van der Waals surface area contributed by atoms with Crippen LogP contribution >= 0.6 is 0 Å². The van der Waals surface area contributed by atoms with Crippen LogP contribution in [-0.4, -0.2) is 47.3 Å². The molecule has 0 bridgehead atoms. The Kier molecular flexibility index (Phi) is 4.73. The van der Waals surface area contributed by atoms with Crippen LogP contribution in [-0.2, 0) is 11.3 Å². The molecule has 2 aromatic carbocycles. The lowest BCUT2D eigenvalue weighted by molar-refractivity contribution is -0.128. The molecule has 4 rings (SSSR count). The van der Waals surface area contributed by atoms with E-state index >= 15 is 0 Å². The van der Waals surface area contributed by atoms with E-state index in [2.05, 4.69) is 5.32 Å². The maximum atomic E-state index is 12.5. The van der Waals surface area contributed by atoms with Gasteiger partial charge in [-0.1, -0.05) is 24.3 Å². The third kappa shape index (κ3) is 3.19. The molecular weight excluding hydrogens is 358 g/mol. The van der Waals surface area contributed by atoms with Crippen molar-refractivity contribution in [2.45, 2.75) is 25.4 Å². The van der Waals surface area contributed by atoms with E-state index in [-0.39, 0.29) is 30.4 Å². The molecule has 28 heavy (non-hydrogen) atoms. The first-order valence-electron chi connectivity index (χ1n) is 9.24. The van der Waals surface area contributed by atoms with Crippen LogP contribution in [0.1, 0.15) is 28.8 Å². The number of carbonyl (C=O) groups is 3. The number of nitrogens with zero attached hydrogens (tertiary/aromatic N) is 2. The first kappa shape index (κ1) is 18.0. The van der Waals surface area contributed by atoms with Crippen LogP contribution in [0.3, 0.4) is 0 Å². The van der Waals surface area contributed by atoms with Gasteiger partial charge in [0.15, 0.2) is 0 Å². The van der Waals surface area contributed by atoms with Gasteiger partial charge in [-0.05, 0) is 42.7 Å². The summed E-state index contributed by atoms with van der Waals surface area (Å²) in [4.78, 5) is 40.5. The van der Waals surface area contributed by atoms with Gasteiger partial charge in [-0.25, -0.2) is 4.79 Å². The lowest BCUT2D eigenvalue weighted by Gasteiger charge is -2.17. The number of urea groups is 1. The van der Waals surface area contributed by atoms with Gasteiger partial charge in [-0.15, -0.1) is 0 Å². The summed E-state index contributed by atoms with van der Waals surface area (Å²) >= 11 is 0. The van der Waals surface area contributed by atoms with Gasteiger partial charge in [0.05, 0.1) is 19.3 Å². The molecule has 2 fully saturated rings. The van der Waals surface area contributed by atoms with E-state index in [9.17, 15) is 14.4 Å². The van der Waals surface area contributed by atoms with Crippen LogP contribution in [0.25, 0.3) is 0 Å². The van der Waals surface area contributed by atoms with E-state index in [0.717, 1.165) is 18.4 Å². The summed E-state index contributed by atoms with van der Waals surface area (Å²) in [5.74, 6) is 0.103. The van der Waals surface area contributed by atoms with E-state index in [1.807, 2.05) is 6.07 Å². The fourth-order valence-corrected chi connectivity index (χ4v) is 3.74. The number of hydrogen-bond acceptors (Lipinski definition) is 4. The first-order valence-corrected chi connectivity index (χ1v) is 9.24. The molecular formula is C21H21N3O4. The quantitative estimate of drug-likeness (QED) is 0.811. The summed E-state index contributed by atoms with van der Waals surface area (Å²) in [6.07, 6.45) is 1.59. The molecule has 2 aromatic rings. The van der Waals surface area contributed by atoms with Gasteiger partial charge in [0.2, 0.25) is 0 Å². The predicted molar refractivity (Wildman–Crippen MR) is 103 cm³/mol. The van der Waals surface area contributed by atoms with Gasteiger partial charge in [-0.3, -0.25) is 14.5 Å². The van der Waals surface area contributed by atoms with E-state index in [0.29, 0.717) is 23.5 Å². The van der Waals surface area contributed by atoms with Crippen LogP contribution in [0.5, 0.6) is 5.75 Å². The third-order valence-corrected chi connectivity index (χ3v) is 5.17. The molecule has 0 saturated carbocycles. The summed E-state index contributed by atoms with van der Waals surface area (Å²) in [5, 5.41) is 2.84. The number of benzene rings is 2. The van der Waals surface area contributed by atoms with E-state index in [1.165, 1.54) is 12.0 Å². The summed E-state index contributed by atoms with van der Waals surface area (Å²) in [7, 11) is 1.52. The number of fused-ring (bicyclic) bond motifs is 1. The second kappa shape index (κ2) is 7.34. The van der Waals surface area contributed by atoms with Crippen molar-refractivity contribution < 1.29 is 19.1 Å². The van der Waals surface area contributed by atoms with Gasteiger partial charge >= 0.3 is 6.03 Å². The first-order chi connectivity index (χ1) is 13.6. The van der Waals surface area contributed by atoms with Crippen LogP contribution in [0.15, 0.2) is 48.5 Å². The number of hydrogen-bond donors (Lipinski definition) is 1. The molecule has 144 valence electrons. The predicted octanol–water partition coefficient (Wildman–Crippen LogP) is 2.87. The number of anilines is 1. The van der Waals surface area contributed by atoms with Crippen LogP contribution in [0, 0.1) is 0 Å². The van der Waals surface area contributed by atoms with Crippen molar-refractivity contribution >= 4 is 23.5 Å². The Bertz CT molecular complexity index is 907. The monoisotopic (exact) mass is 379 g/mol. The number of nitrogens with one attached hydrogen (secondary N) is 1. The zero-order valence-electron chi connectivity index (χ0n) is 15.6. The molecule has 0 spiro atoms. The Labute approximate surface area is 162 Å². The molecule has 4 amide bonds. The second-order valence-electron chi connectivity index (χ2n) is 6.91. The number of amides is 4. The summed E-state index contributed by atoms with van der Waals surface area (Å²) in [6, 6.07) is 13.6. The Morgan fingerprint density at radius 2 is 1.96 bits per heavy atom. The number of carbonyl (C=O) groups excluding carboxylic acids is 3. The maximum absolute atomic E-state index is 12.5. The third-order valence-electron chi connectivity index (χ3n) is 5.17. The SMILES string of the molecule is COc1ccc(CN2C(=O)C3CCCN3C2=O)cc1NC(=O)c1ccccc1. The number of imide groups is 1. The van der Waals surface area contributed by atoms with Crippen LogP contribution in [0.2, 0.25) is 0 Å². The molecule has 7 nitrogen and oxygen atoms in total. The van der Waals surface area contributed by atoms with Gasteiger partial charge in [0.1, 0.15) is 11.8 Å². The minimum atomic E-state index is -0.317. The number of methoxy groups -OCH3 is 1. The molecule has 2 aliphatic rings. The standard InChI is InChI=1S/C21H21N3O4/c1-28-18-10-9-14(12-16(18)22-19(25)15-6-3-2-4-7-15)13-24-20(26)17-8-5-11-23(17)21(24)27/h2-4,6-7,9-10,12,17H,5,8,11,13H2,1H3,(H,22,25). The highest BCUT2D eigenvalue weighted by atomic mass is 16.5. The molecule has 0 aliphatic carbocycles. The van der Waals surface area contributed by atoms with Gasteiger partial charge < -0.3 is 15.0 Å². The van der Waals surface area contributed by atoms with Crippen molar-refractivity contribution in [3.8, 4) is 5.75 Å². The minimum Gasteiger partial charge on any atom is -0.495 e. The Hall–Kier alpha value is -3.35. The second-order valence-corrected chi connectivity index (χ2v) is 6.91. The normalized spacial score (nSPS) is 18.4. The molecule has 1 N–H and O–H groups in total. The van der Waals surface area contributed by atoms with Crippen molar-refractivity contribution in [3.05, 3.63) is 59.7 Å². The van der Waals surface area contributed by atoms with Crippen molar-refractivity contribution in [1.82, 2.24) is 9.80 Å². The highest BCUT2D eigenvalue weighted by Crippen LogP contribution is 2.31. The average Bonchev–Trinajstić information content (AvgIpc) is 3.29. The zero-order valence-corrected chi connectivity index (χ0v) is 15.6. The van der Waals surface area contributed by atoms with Crippen LogP contribution in [0.4, 0.5) is 10.5 Å². The topological polar surface area (TPSA) is 79.0 Å². The fourth-order valence-electron chi connectivity index (χ4n) is 3.74. The fraction of sp³-hybridized carbons (Fsp3) is 0.286. The minimum absolute atomic E-state index is 0.145. The van der Waals surface area contributed by atoms with E-state index in [4.69, 9.17) is 4.74 Å². The molecule has 2 saturated heterocycles. The molecule has 0 radical (unpaired) electrons. The van der Waals surface area contributed by atoms with Gasteiger partial charge in [0, 0.05) is 12.1 Å². The molecule has 1 atom stereocenters. The van der Waals surface area contributed by atoms with E-state index in [1.54, 1.807) is 47.4 Å². The summed E-state index contributed by atoms with van der Waals surface area (Å²) in [6.45, 7) is 0.801. The Morgan fingerprint density at radius 3 is 2.68 bits per heavy atom. The molecule has 1 unspecified atom stereocenters. The highest BCUT2D eigenvalue weighted by Gasteiger charge is 2.47. The lowest BCUT2D eigenvalue weighted by atomic mass is 10.1. The average molecular weight is 379 g/mol.